The fourth-order valence-electron chi connectivity index (χ4n) is 4.01. The smallest absolute Gasteiger partial charge is 0.344 e. The largest absolute Gasteiger partial charge is 0.497 e. The minimum atomic E-state index is -1.09. The van der Waals surface area contributed by atoms with Gasteiger partial charge in [-0.1, -0.05) is 18.2 Å². The third-order valence-corrected chi connectivity index (χ3v) is 5.58. The van der Waals surface area contributed by atoms with Crippen LogP contribution in [0, 0.1) is 17.1 Å². The van der Waals surface area contributed by atoms with Gasteiger partial charge in [-0.3, -0.25) is 4.98 Å². The third kappa shape index (κ3) is 3.27. The van der Waals surface area contributed by atoms with Gasteiger partial charge < -0.3 is 19.6 Å². The Morgan fingerprint density at radius 1 is 1.18 bits per heavy atom. The van der Waals surface area contributed by atoms with Crippen LogP contribution in [0.5, 0.6) is 11.5 Å². The van der Waals surface area contributed by atoms with E-state index >= 15 is 4.39 Å². The van der Waals surface area contributed by atoms with Crippen molar-refractivity contribution in [3.8, 4) is 28.7 Å². The van der Waals surface area contributed by atoms with Crippen molar-refractivity contribution in [1.82, 2.24) is 4.98 Å². The fourth-order valence-corrected chi connectivity index (χ4v) is 4.01. The molecule has 2 N–H and O–H groups in total. The van der Waals surface area contributed by atoms with Gasteiger partial charge in [0.25, 0.3) is 0 Å². The van der Waals surface area contributed by atoms with Crippen LogP contribution < -0.4 is 20.8 Å². The van der Waals surface area contributed by atoms with Crippen molar-refractivity contribution in [1.29, 1.82) is 5.26 Å². The van der Waals surface area contributed by atoms with Crippen LogP contribution in [0.4, 0.5) is 4.39 Å². The van der Waals surface area contributed by atoms with E-state index in [0.29, 0.717) is 16.7 Å². The van der Waals surface area contributed by atoms with E-state index in [2.05, 4.69) is 4.98 Å². The van der Waals surface area contributed by atoms with E-state index in [-0.39, 0.29) is 33.9 Å². The van der Waals surface area contributed by atoms with Crippen molar-refractivity contribution in [3.05, 3.63) is 99.7 Å². The van der Waals surface area contributed by atoms with Gasteiger partial charge in [0, 0.05) is 29.6 Å². The maximum atomic E-state index is 15.4. The number of hydrogen-bond donors (Lipinski definition) is 1. The first-order valence-electron chi connectivity index (χ1n) is 9.94. The Morgan fingerprint density at radius 3 is 2.73 bits per heavy atom. The first-order chi connectivity index (χ1) is 16.0. The van der Waals surface area contributed by atoms with E-state index in [4.69, 9.17) is 19.6 Å². The molecule has 0 bridgehead atoms. The minimum Gasteiger partial charge on any atom is -0.497 e. The lowest BCUT2D eigenvalue weighted by Crippen LogP contribution is -2.26. The maximum Gasteiger partial charge on any atom is 0.344 e. The van der Waals surface area contributed by atoms with Crippen LogP contribution in [-0.4, -0.2) is 12.1 Å². The van der Waals surface area contributed by atoms with Crippen molar-refractivity contribution in [3.63, 3.8) is 0 Å². The molecule has 0 fully saturated rings. The summed E-state index contributed by atoms with van der Waals surface area (Å²) >= 11 is 0. The van der Waals surface area contributed by atoms with Crippen LogP contribution in [0.25, 0.3) is 22.1 Å². The molecule has 33 heavy (non-hydrogen) atoms. The fraction of sp³-hybridized carbons (Fsp3) is 0.0800. The summed E-state index contributed by atoms with van der Waals surface area (Å²) < 4.78 is 31.8. The molecule has 0 spiro atoms. The van der Waals surface area contributed by atoms with Crippen molar-refractivity contribution < 1.29 is 18.3 Å². The zero-order valence-electron chi connectivity index (χ0n) is 17.3. The van der Waals surface area contributed by atoms with Crippen molar-refractivity contribution >= 4 is 11.0 Å². The summed E-state index contributed by atoms with van der Waals surface area (Å²) in [4.78, 5) is 17.1. The number of pyridine rings is 1. The second-order valence-corrected chi connectivity index (χ2v) is 7.40. The highest BCUT2D eigenvalue weighted by Crippen LogP contribution is 2.44. The number of hydrogen-bond acceptors (Lipinski definition) is 7. The maximum absolute atomic E-state index is 15.4. The predicted octanol–water partition coefficient (Wildman–Crippen LogP) is 4.22. The molecule has 0 amide bonds. The Labute approximate surface area is 187 Å². The number of rotatable bonds is 3. The quantitative estimate of drug-likeness (QED) is 0.474. The number of fused-ring (bicyclic) bond motifs is 3. The molecule has 0 radical (unpaired) electrons. The van der Waals surface area contributed by atoms with Crippen LogP contribution in [0.3, 0.4) is 0 Å². The summed E-state index contributed by atoms with van der Waals surface area (Å²) in [7, 11) is 1.49. The van der Waals surface area contributed by atoms with Crippen molar-refractivity contribution in [2.24, 2.45) is 5.73 Å². The molecule has 2 aromatic heterocycles. The van der Waals surface area contributed by atoms with E-state index < -0.39 is 17.4 Å². The highest BCUT2D eigenvalue weighted by molar-refractivity contribution is 5.87. The van der Waals surface area contributed by atoms with E-state index in [9.17, 15) is 10.1 Å². The number of benzene rings is 2. The van der Waals surface area contributed by atoms with E-state index in [1.165, 1.54) is 19.2 Å². The summed E-state index contributed by atoms with van der Waals surface area (Å²) in [5.41, 5.74) is 6.87. The average molecular weight is 441 g/mol. The monoisotopic (exact) mass is 441 g/mol. The number of aromatic nitrogens is 1. The molecule has 7 nitrogen and oxygen atoms in total. The highest BCUT2D eigenvalue weighted by atomic mass is 19.1. The van der Waals surface area contributed by atoms with Gasteiger partial charge >= 0.3 is 5.63 Å². The average Bonchev–Trinajstić information content (AvgIpc) is 2.83. The lowest BCUT2D eigenvalue weighted by molar-refractivity contribution is 0.386. The molecule has 1 unspecified atom stereocenters. The van der Waals surface area contributed by atoms with E-state index in [0.717, 1.165) is 5.56 Å². The Kier molecular flexibility index (Phi) is 4.79. The zero-order valence-corrected chi connectivity index (χ0v) is 17.3. The number of nitriles is 1. The van der Waals surface area contributed by atoms with Crippen molar-refractivity contribution in [2.75, 3.05) is 7.11 Å². The molecular weight excluding hydrogens is 425 g/mol. The molecule has 1 atom stereocenters. The molecule has 1 aliphatic rings. The molecule has 4 aromatic rings. The zero-order chi connectivity index (χ0) is 23.1. The Bertz CT molecular complexity index is 1540. The van der Waals surface area contributed by atoms with Gasteiger partial charge in [0.1, 0.15) is 28.8 Å². The number of ether oxygens (including phenoxy) is 2. The summed E-state index contributed by atoms with van der Waals surface area (Å²) in [5, 5.41) is 10.2. The molecular formula is C25H16FN3O4. The van der Waals surface area contributed by atoms with Gasteiger partial charge in [0.05, 0.1) is 24.0 Å². The van der Waals surface area contributed by atoms with Crippen LogP contribution in [-0.2, 0) is 0 Å². The molecule has 5 rings (SSSR count). The van der Waals surface area contributed by atoms with Gasteiger partial charge in [-0.25, -0.2) is 9.18 Å². The molecule has 2 aromatic carbocycles. The van der Waals surface area contributed by atoms with Gasteiger partial charge in [-0.2, -0.15) is 5.26 Å². The lowest BCUT2D eigenvalue weighted by Gasteiger charge is -2.26. The first-order valence-corrected chi connectivity index (χ1v) is 9.94. The Morgan fingerprint density at radius 2 is 2.03 bits per heavy atom. The summed E-state index contributed by atoms with van der Waals surface area (Å²) in [6.45, 7) is 0. The van der Waals surface area contributed by atoms with Gasteiger partial charge in [0.2, 0.25) is 5.88 Å². The van der Waals surface area contributed by atoms with Gasteiger partial charge in [-0.05, 0) is 29.8 Å². The number of halogens is 1. The molecule has 1 aliphatic heterocycles. The van der Waals surface area contributed by atoms with Crippen molar-refractivity contribution in [2.45, 2.75) is 5.92 Å². The summed E-state index contributed by atoms with van der Waals surface area (Å²) in [6.07, 6.45) is 3.24. The predicted molar refractivity (Wildman–Crippen MR) is 118 cm³/mol. The highest BCUT2D eigenvalue weighted by Gasteiger charge is 2.37. The number of nitrogens with zero attached hydrogens (tertiary/aromatic N) is 2. The molecule has 162 valence electrons. The standard InChI is InChI=1S/C25H16FN3O4/c1-31-15-5-7-17-20(10-15)32-25(30)22-21(18(11-27)24(28)33-23(17)22)16-6-4-13(9-19(16)26)14-3-2-8-29-12-14/h2-10,12,21H,28H2,1H3. The molecule has 3 heterocycles. The van der Waals surface area contributed by atoms with Crippen LogP contribution in [0.15, 0.2) is 81.6 Å². The third-order valence-electron chi connectivity index (χ3n) is 5.58. The molecule has 8 heteroatoms. The topological polar surface area (TPSA) is 111 Å². The molecule has 0 saturated carbocycles. The second-order valence-electron chi connectivity index (χ2n) is 7.40. The van der Waals surface area contributed by atoms with Crippen LogP contribution in [0.2, 0.25) is 0 Å². The summed E-state index contributed by atoms with van der Waals surface area (Å²) in [5.74, 6) is -1.29. The van der Waals surface area contributed by atoms with Gasteiger partial charge in [0.15, 0.2) is 5.75 Å². The normalized spacial score (nSPS) is 15.0. The SMILES string of the molecule is COc1ccc2c3c(c(=O)oc2c1)C(c1ccc(-c2cccnc2)cc1F)C(C#N)=C(N)O3. The van der Waals surface area contributed by atoms with Crippen LogP contribution in [0.1, 0.15) is 17.0 Å². The number of nitrogens with two attached hydrogens (primary N) is 1. The first kappa shape index (κ1) is 20.3. The Balaban J connectivity index is 1.74. The second kappa shape index (κ2) is 7.80. The molecule has 0 saturated heterocycles. The lowest BCUT2D eigenvalue weighted by atomic mass is 9.83. The van der Waals surface area contributed by atoms with Crippen LogP contribution >= 0.6 is 0 Å². The van der Waals surface area contributed by atoms with E-state index in [1.54, 1.807) is 48.8 Å². The molecule has 0 aliphatic carbocycles. The number of methoxy groups -OCH3 is 1. The van der Waals surface area contributed by atoms with E-state index in [1.807, 2.05) is 6.07 Å². The minimum absolute atomic E-state index is 0.00597. The number of allylic oxidation sites excluding steroid dienone is 1. The Hall–Kier alpha value is -4.64. The van der Waals surface area contributed by atoms with Gasteiger partial charge in [-0.15, -0.1) is 0 Å². The summed E-state index contributed by atoms with van der Waals surface area (Å²) in [6, 6.07) is 14.9.